The molecular weight excluding hydrogens is 418 g/mol. The van der Waals surface area contributed by atoms with Gasteiger partial charge in [-0.3, -0.25) is 9.48 Å². The molecule has 6 rings (SSSR count). The Morgan fingerprint density at radius 2 is 2.06 bits per heavy atom. The Kier molecular flexibility index (Phi) is 4.70. The third-order valence-corrected chi connectivity index (χ3v) is 6.03. The van der Waals surface area contributed by atoms with Gasteiger partial charge in [-0.2, -0.15) is 5.10 Å². The van der Waals surface area contributed by atoms with Crippen LogP contribution in [0.15, 0.2) is 36.5 Å². The molecule has 0 radical (unpaired) electrons. The molecule has 1 saturated carbocycles. The largest absolute Gasteiger partial charge is 0.490 e. The zero-order valence-corrected chi connectivity index (χ0v) is 18.1. The van der Waals surface area contributed by atoms with Crippen LogP contribution in [0.1, 0.15) is 56.1 Å². The van der Waals surface area contributed by atoms with E-state index in [4.69, 9.17) is 14.6 Å². The molecule has 2 aromatic heterocycles. The van der Waals surface area contributed by atoms with Gasteiger partial charge in [0.25, 0.3) is 12.3 Å². The topological polar surface area (TPSA) is 78.3 Å². The van der Waals surface area contributed by atoms with Crippen molar-refractivity contribution in [3.63, 3.8) is 0 Å². The van der Waals surface area contributed by atoms with Crippen molar-refractivity contribution in [3.8, 4) is 5.75 Å². The molecular formula is C23H24F2N4O3. The highest BCUT2D eigenvalue weighted by atomic mass is 19.3. The van der Waals surface area contributed by atoms with E-state index in [2.05, 4.69) is 17.2 Å². The van der Waals surface area contributed by atoms with Crippen LogP contribution in [0.25, 0.3) is 10.9 Å². The molecule has 3 aliphatic rings. The van der Waals surface area contributed by atoms with Gasteiger partial charge >= 0.3 is 0 Å². The predicted molar refractivity (Wildman–Crippen MR) is 114 cm³/mol. The number of alkyl halides is 2. The summed E-state index contributed by atoms with van der Waals surface area (Å²) in [6.07, 6.45) is 0.845. The van der Waals surface area contributed by atoms with Crippen molar-refractivity contribution in [1.82, 2.24) is 14.8 Å². The molecule has 3 fully saturated rings. The lowest BCUT2D eigenvalue weighted by atomic mass is 9.69. The van der Waals surface area contributed by atoms with Gasteiger partial charge in [0.1, 0.15) is 17.3 Å². The van der Waals surface area contributed by atoms with Crippen LogP contribution in [-0.2, 0) is 10.3 Å². The van der Waals surface area contributed by atoms with Crippen molar-refractivity contribution in [2.45, 2.75) is 57.3 Å². The van der Waals surface area contributed by atoms with Gasteiger partial charge in [-0.1, -0.05) is 6.07 Å². The Labute approximate surface area is 183 Å². The van der Waals surface area contributed by atoms with Crippen molar-refractivity contribution in [2.24, 2.45) is 0 Å². The van der Waals surface area contributed by atoms with Crippen LogP contribution in [0.4, 0.5) is 14.6 Å². The SMILES string of the molecule is CC(C)Oc1cc2nn(C34COC(C)(C3)C4)cc2cc1C(=O)Nc1cccc(C(F)F)n1. The molecule has 0 spiro atoms. The Morgan fingerprint density at radius 1 is 1.28 bits per heavy atom. The van der Waals surface area contributed by atoms with Crippen LogP contribution in [-0.4, -0.2) is 39.0 Å². The standard InChI is InChI=1S/C23H24F2N4O3/c1-13(2)32-18-8-17-14(9-29(28-17)23-10-22(3,11-23)31-12-23)7-15(18)21(30)27-19-6-4-5-16(26-19)20(24)25/h4-9,13,20H,10-12H2,1-3H3,(H,26,27,30). The number of carbonyl (C=O) groups is 1. The maximum atomic E-state index is 13.1. The smallest absolute Gasteiger partial charge is 0.280 e. The predicted octanol–water partition coefficient (Wildman–Crippen LogP) is 4.69. The number of aromatic nitrogens is 3. The van der Waals surface area contributed by atoms with Crippen LogP contribution >= 0.6 is 0 Å². The number of hydrogen-bond donors (Lipinski definition) is 1. The number of hydrogen-bond acceptors (Lipinski definition) is 5. The number of halogens is 2. The second-order valence-corrected chi connectivity index (χ2v) is 9.17. The zero-order valence-electron chi connectivity index (χ0n) is 18.1. The summed E-state index contributed by atoms with van der Waals surface area (Å²) in [5.41, 5.74) is 0.381. The summed E-state index contributed by atoms with van der Waals surface area (Å²) in [5.74, 6) is -0.0680. The molecule has 32 heavy (non-hydrogen) atoms. The Hall–Kier alpha value is -3.07. The first kappa shape index (κ1) is 20.8. The molecule has 9 heteroatoms. The molecule has 1 aromatic carbocycles. The second kappa shape index (κ2) is 7.23. The van der Waals surface area contributed by atoms with E-state index in [-0.39, 0.29) is 28.6 Å². The van der Waals surface area contributed by atoms with Gasteiger partial charge in [0.2, 0.25) is 0 Å². The number of anilines is 1. The molecule has 2 bridgehead atoms. The molecule has 1 aliphatic carbocycles. The summed E-state index contributed by atoms with van der Waals surface area (Å²) in [6, 6.07) is 7.57. The number of rotatable bonds is 6. The van der Waals surface area contributed by atoms with Crippen LogP contribution in [0, 0.1) is 0 Å². The molecule has 0 unspecified atom stereocenters. The zero-order chi connectivity index (χ0) is 22.7. The fourth-order valence-corrected chi connectivity index (χ4v) is 4.73. The highest BCUT2D eigenvalue weighted by molar-refractivity contribution is 6.08. The van der Waals surface area contributed by atoms with Crippen molar-refractivity contribution >= 4 is 22.6 Å². The molecule has 1 amide bonds. The van der Waals surface area contributed by atoms with Crippen molar-refractivity contribution in [2.75, 3.05) is 11.9 Å². The van der Waals surface area contributed by atoms with Gasteiger partial charge in [0.05, 0.1) is 34.9 Å². The van der Waals surface area contributed by atoms with Crippen LogP contribution in [0.5, 0.6) is 5.75 Å². The van der Waals surface area contributed by atoms with E-state index in [1.165, 1.54) is 18.2 Å². The Morgan fingerprint density at radius 3 is 2.72 bits per heavy atom. The molecule has 0 atom stereocenters. The van der Waals surface area contributed by atoms with E-state index in [1.54, 1.807) is 12.1 Å². The summed E-state index contributed by atoms with van der Waals surface area (Å²) in [7, 11) is 0. The summed E-state index contributed by atoms with van der Waals surface area (Å²) in [4.78, 5) is 16.9. The highest BCUT2D eigenvalue weighted by Crippen LogP contribution is 2.55. The van der Waals surface area contributed by atoms with Gasteiger partial charge in [0, 0.05) is 30.5 Å². The number of ether oxygens (including phenoxy) is 2. The van der Waals surface area contributed by atoms with Crippen molar-refractivity contribution in [3.05, 3.63) is 47.8 Å². The van der Waals surface area contributed by atoms with Crippen molar-refractivity contribution in [1.29, 1.82) is 0 Å². The van der Waals surface area contributed by atoms with Gasteiger partial charge in [-0.05, 0) is 39.0 Å². The molecule has 1 N–H and O–H groups in total. The van der Waals surface area contributed by atoms with E-state index in [0.717, 1.165) is 18.2 Å². The third kappa shape index (κ3) is 3.50. The van der Waals surface area contributed by atoms with Gasteiger partial charge in [0.15, 0.2) is 0 Å². The minimum absolute atomic E-state index is 0.0508. The number of nitrogens with one attached hydrogen (secondary N) is 1. The van der Waals surface area contributed by atoms with Gasteiger partial charge in [-0.25, -0.2) is 13.8 Å². The highest BCUT2D eigenvalue weighted by Gasteiger charge is 2.61. The summed E-state index contributed by atoms with van der Waals surface area (Å²) in [6.45, 7) is 6.45. The Balaban J connectivity index is 1.49. The average molecular weight is 442 g/mol. The lowest BCUT2D eigenvalue weighted by Crippen LogP contribution is -2.49. The second-order valence-electron chi connectivity index (χ2n) is 9.17. The quantitative estimate of drug-likeness (QED) is 0.599. The molecule has 4 heterocycles. The third-order valence-electron chi connectivity index (χ3n) is 6.03. The normalized spacial score (nSPS) is 24.2. The summed E-state index contributed by atoms with van der Waals surface area (Å²) in [5, 5.41) is 8.14. The van der Waals surface area contributed by atoms with E-state index in [9.17, 15) is 13.6 Å². The molecule has 2 aliphatic heterocycles. The number of carbonyl (C=O) groups excluding carboxylic acids is 1. The Bertz CT molecular complexity index is 1200. The number of amides is 1. The van der Waals surface area contributed by atoms with E-state index in [1.807, 2.05) is 24.7 Å². The van der Waals surface area contributed by atoms with Crippen LogP contribution in [0.3, 0.4) is 0 Å². The minimum Gasteiger partial charge on any atom is -0.490 e. The first-order valence-corrected chi connectivity index (χ1v) is 10.6. The number of nitrogens with zero attached hydrogens (tertiary/aromatic N) is 3. The van der Waals surface area contributed by atoms with Gasteiger partial charge < -0.3 is 14.8 Å². The number of benzene rings is 1. The molecule has 168 valence electrons. The monoisotopic (exact) mass is 442 g/mol. The minimum atomic E-state index is -2.72. The summed E-state index contributed by atoms with van der Waals surface area (Å²) >= 11 is 0. The lowest BCUT2D eigenvalue weighted by molar-refractivity contribution is 0.00383. The molecule has 2 saturated heterocycles. The van der Waals surface area contributed by atoms with Crippen LogP contribution < -0.4 is 10.1 Å². The fraction of sp³-hybridized carbons (Fsp3) is 0.435. The maximum absolute atomic E-state index is 13.1. The van der Waals surface area contributed by atoms with E-state index in [0.29, 0.717) is 17.9 Å². The number of pyridine rings is 1. The summed E-state index contributed by atoms with van der Waals surface area (Å²) < 4.78 is 39.6. The first-order valence-electron chi connectivity index (χ1n) is 10.6. The first-order chi connectivity index (χ1) is 15.2. The molecule has 7 nitrogen and oxygen atoms in total. The van der Waals surface area contributed by atoms with Gasteiger partial charge in [-0.15, -0.1) is 0 Å². The lowest BCUT2D eigenvalue weighted by Gasteiger charge is -2.42. The van der Waals surface area contributed by atoms with Crippen LogP contribution in [0.2, 0.25) is 0 Å². The number of fused-ring (bicyclic) bond motifs is 2. The average Bonchev–Trinajstić information content (AvgIpc) is 3.37. The fourth-order valence-electron chi connectivity index (χ4n) is 4.73. The van der Waals surface area contributed by atoms with E-state index < -0.39 is 18.0 Å². The molecule has 3 aromatic rings. The van der Waals surface area contributed by atoms with E-state index >= 15 is 0 Å². The maximum Gasteiger partial charge on any atom is 0.280 e. The van der Waals surface area contributed by atoms with Crippen molar-refractivity contribution < 1.29 is 23.0 Å².